The summed E-state index contributed by atoms with van der Waals surface area (Å²) in [4.78, 5) is 0. The summed E-state index contributed by atoms with van der Waals surface area (Å²) in [5.74, 6) is 0. The van der Waals surface area contributed by atoms with Crippen LogP contribution < -0.4 is 5.73 Å². The Bertz CT molecular complexity index is 260. The largest absolute Gasteiger partial charge is 0.394 e. The van der Waals surface area contributed by atoms with E-state index in [0.717, 1.165) is 18.4 Å². The third kappa shape index (κ3) is 2.54. The van der Waals surface area contributed by atoms with Gasteiger partial charge in [-0.05, 0) is 17.5 Å². The van der Waals surface area contributed by atoms with Crippen LogP contribution in [0, 0.1) is 0 Å². The fourth-order valence-corrected chi connectivity index (χ4v) is 1.49. The summed E-state index contributed by atoms with van der Waals surface area (Å²) in [7, 11) is 0. The maximum Gasteiger partial charge on any atom is 0.0624 e. The summed E-state index contributed by atoms with van der Waals surface area (Å²) in [6.07, 6.45) is 2.14. The molecule has 3 N–H and O–H groups in total. The molecule has 0 fully saturated rings. The van der Waals surface area contributed by atoms with Crippen LogP contribution in [0.3, 0.4) is 0 Å². The maximum absolute atomic E-state index is 8.96. The average Bonchev–Trinajstić information content (AvgIpc) is 2.18. The van der Waals surface area contributed by atoms with E-state index in [1.807, 2.05) is 18.2 Å². The van der Waals surface area contributed by atoms with Gasteiger partial charge in [0.15, 0.2) is 0 Å². The minimum Gasteiger partial charge on any atom is -0.394 e. The van der Waals surface area contributed by atoms with Crippen molar-refractivity contribution in [1.29, 1.82) is 0 Å². The van der Waals surface area contributed by atoms with Gasteiger partial charge in [-0.25, -0.2) is 0 Å². The van der Waals surface area contributed by atoms with E-state index in [4.69, 9.17) is 10.8 Å². The molecule has 0 aliphatic heterocycles. The van der Waals surface area contributed by atoms with Crippen LogP contribution in [-0.4, -0.2) is 11.7 Å². The minimum absolute atomic E-state index is 0.0146. The van der Waals surface area contributed by atoms with Crippen molar-refractivity contribution in [3.8, 4) is 0 Å². The first kappa shape index (κ1) is 10.2. The molecule has 1 aromatic rings. The minimum atomic E-state index is -0.234. The summed E-state index contributed by atoms with van der Waals surface area (Å²) in [5, 5.41) is 8.96. The van der Waals surface area contributed by atoms with E-state index in [-0.39, 0.29) is 12.6 Å². The molecule has 2 heteroatoms. The topological polar surface area (TPSA) is 46.2 Å². The van der Waals surface area contributed by atoms with Crippen LogP contribution in [0.15, 0.2) is 24.3 Å². The molecule has 0 aliphatic rings. The summed E-state index contributed by atoms with van der Waals surface area (Å²) < 4.78 is 0. The SMILES string of the molecule is CCCc1ccccc1C(N)CO. The van der Waals surface area contributed by atoms with Crippen molar-refractivity contribution in [2.24, 2.45) is 5.73 Å². The molecular formula is C11H17NO. The molecule has 0 bridgehead atoms. The highest BCUT2D eigenvalue weighted by molar-refractivity contribution is 5.29. The van der Waals surface area contributed by atoms with Gasteiger partial charge in [0.1, 0.15) is 0 Å². The van der Waals surface area contributed by atoms with Gasteiger partial charge in [0.2, 0.25) is 0 Å². The fraction of sp³-hybridized carbons (Fsp3) is 0.455. The zero-order valence-electron chi connectivity index (χ0n) is 8.03. The molecule has 0 spiro atoms. The number of benzene rings is 1. The van der Waals surface area contributed by atoms with Gasteiger partial charge in [-0.2, -0.15) is 0 Å². The van der Waals surface area contributed by atoms with Gasteiger partial charge >= 0.3 is 0 Å². The van der Waals surface area contributed by atoms with Crippen molar-refractivity contribution in [1.82, 2.24) is 0 Å². The summed E-state index contributed by atoms with van der Waals surface area (Å²) in [6.45, 7) is 2.15. The number of aliphatic hydroxyl groups excluding tert-OH is 1. The van der Waals surface area contributed by atoms with E-state index < -0.39 is 0 Å². The van der Waals surface area contributed by atoms with Crippen LogP contribution in [-0.2, 0) is 6.42 Å². The normalized spacial score (nSPS) is 12.8. The van der Waals surface area contributed by atoms with Crippen molar-refractivity contribution in [2.75, 3.05) is 6.61 Å². The van der Waals surface area contributed by atoms with Crippen molar-refractivity contribution >= 4 is 0 Å². The molecule has 0 heterocycles. The van der Waals surface area contributed by atoms with Crippen molar-refractivity contribution in [2.45, 2.75) is 25.8 Å². The van der Waals surface area contributed by atoms with Gasteiger partial charge in [-0.3, -0.25) is 0 Å². The standard InChI is InChI=1S/C11H17NO/c1-2-5-9-6-3-4-7-10(9)11(12)8-13/h3-4,6-7,11,13H,2,5,8,12H2,1H3. The molecule has 13 heavy (non-hydrogen) atoms. The second kappa shape index (κ2) is 5.00. The molecule has 1 atom stereocenters. The molecule has 72 valence electrons. The Hall–Kier alpha value is -0.860. The average molecular weight is 179 g/mol. The van der Waals surface area contributed by atoms with Crippen molar-refractivity contribution in [3.05, 3.63) is 35.4 Å². The highest BCUT2D eigenvalue weighted by Gasteiger charge is 2.07. The molecule has 0 saturated heterocycles. The van der Waals surface area contributed by atoms with Crippen LogP contribution in [0.25, 0.3) is 0 Å². The van der Waals surface area contributed by atoms with E-state index in [0.29, 0.717) is 0 Å². The number of aryl methyl sites for hydroxylation is 1. The summed E-state index contributed by atoms with van der Waals surface area (Å²) in [5.41, 5.74) is 8.11. The summed E-state index contributed by atoms with van der Waals surface area (Å²) in [6, 6.07) is 7.81. The lowest BCUT2D eigenvalue weighted by Crippen LogP contribution is -2.16. The van der Waals surface area contributed by atoms with Gasteiger partial charge in [0.25, 0.3) is 0 Å². The van der Waals surface area contributed by atoms with Crippen LogP contribution >= 0.6 is 0 Å². The van der Waals surface area contributed by atoms with E-state index in [2.05, 4.69) is 13.0 Å². The highest BCUT2D eigenvalue weighted by atomic mass is 16.3. The second-order valence-corrected chi connectivity index (χ2v) is 3.24. The van der Waals surface area contributed by atoms with Crippen LogP contribution in [0.4, 0.5) is 0 Å². The molecule has 0 aromatic heterocycles. The quantitative estimate of drug-likeness (QED) is 0.738. The van der Waals surface area contributed by atoms with E-state index in [1.165, 1.54) is 5.56 Å². The Morgan fingerprint density at radius 2 is 2.08 bits per heavy atom. The number of hydrogen-bond donors (Lipinski definition) is 2. The van der Waals surface area contributed by atoms with E-state index in [1.54, 1.807) is 0 Å². The molecule has 0 amide bonds. The lowest BCUT2D eigenvalue weighted by atomic mass is 9.98. The monoisotopic (exact) mass is 179 g/mol. The molecular weight excluding hydrogens is 162 g/mol. The van der Waals surface area contributed by atoms with Crippen molar-refractivity contribution in [3.63, 3.8) is 0 Å². The molecule has 2 nitrogen and oxygen atoms in total. The van der Waals surface area contributed by atoms with Gasteiger partial charge in [0, 0.05) is 0 Å². The molecule has 0 saturated carbocycles. The first-order chi connectivity index (χ1) is 6.29. The Kier molecular flexibility index (Phi) is 3.93. The van der Waals surface area contributed by atoms with Gasteiger partial charge < -0.3 is 10.8 Å². The predicted molar refractivity (Wildman–Crippen MR) is 54.5 cm³/mol. The van der Waals surface area contributed by atoms with Crippen LogP contribution in [0.1, 0.15) is 30.5 Å². The lowest BCUT2D eigenvalue weighted by Gasteiger charge is -2.13. The lowest BCUT2D eigenvalue weighted by molar-refractivity contribution is 0.267. The fourth-order valence-electron chi connectivity index (χ4n) is 1.49. The Morgan fingerprint density at radius 3 is 2.69 bits per heavy atom. The van der Waals surface area contributed by atoms with Crippen LogP contribution in [0.5, 0.6) is 0 Å². The predicted octanol–water partition coefficient (Wildman–Crippen LogP) is 1.63. The Morgan fingerprint density at radius 1 is 1.38 bits per heavy atom. The van der Waals surface area contributed by atoms with Crippen molar-refractivity contribution < 1.29 is 5.11 Å². The smallest absolute Gasteiger partial charge is 0.0624 e. The van der Waals surface area contributed by atoms with Crippen LogP contribution in [0.2, 0.25) is 0 Å². The molecule has 0 radical (unpaired) electrons. The maximum atomic E-state index is 8.96. The van der Waals surface area contributed by atoms with Gasteiger partial charge in [-0.1, -0.05) is 37.6 Å². The van der Waals surface area contributed by atoms with E-state index >= 15 is 0 Å². The second-order valence-electron chi connectivity index (χ2n) is 3.24. The number of nitrogens with two attached hydrogens (primary N) is 1. The molecule has 1 rings (SSSR count). The third-order valence-corrected chi connectivity index (χ3v) is 2.17. The molecule has 0 aliphatic carbocycles. The van der Waals surface area contributed by atoms with Gasteiger partial charge in [0.05, 0.1) is 12.6 Å². The highest BCUT2D eigenvalue weighted by Crippen LogP contribution is 2.16. The molecule has 1 unspecified atom stereocenters. The van der Waals surface area contributed by atoms with E-state index in [9.17, 15) is 0 Å². The Labute approximate surface area is 79.4 Å². The molecule has 1 aromatic carbocycles. The number of rotatable bonds is 4. The number of hydrogen-bond acceptors (Lipinski definition) is 2. The first-order valence-electron chi connectivity index (χ1n) is 4.73. The third-order valence-electron chi connectivity index (χ3n) is 2.17. The summed E-state index contributed by atoms with van der Waals surface area (Å²) >= 11 is 0. The number of aliphatic hydroxyl groups is 1. The Balaban J connectivity index is 2.90. The zero-order valence-corrected chi connectivity index (χ0v) is 8.03. The van der Waals surface area contributed by atoms with Gasteiger partial charge in [-0.15, -0.1) is 0 Å². The zero-order chi connectivity index (χ0) is 9.68. The first-order valence-corrected chi connectivity index (χ1v) is 4.73.